The zero-order valence-corrected chi connectivity index (χ0v) is 12.0. The topological polar surface area (TPSA) is 132 Å². The molecule has 0 spiro atoms. The van der Waals surface area contributed by atoms with Crippen LogP contribution in [-0.4, -0.2) is 31.5 Å². The third kappa shape index (κ3) is 2.73. The summed E-state index contributed by atoms with van der Waals surface area (Å²) in [6.07, 6.45) is 1.13. The lowest BCUT2D eigenvalue weighted by Crippen LogP contribution is -2.23. The smallest absolute Gasteiger partial charge is 0.271 e. The Morgan fingerprint density at radius 3 is 3.04 bits per heavy atom. The van der Waals surface area contributed by atoms with Crippen molar-refractivity contribution in [1.29, 1.82) is 0 Å². The van der Waals surface area contributed by atoms with Gasteiger partial charge in [0.25, 0.3) is 11.6 Å². The van der Waals surface area contributed by atoms with Gasteiger partial charge in [-0.2, -0.15) is 10.1 Å². The second-order valence-electron chi connectivity index (χ2n) is 5.04. The highest BCUT2D eigenvalue weighted by molar-refractivity contribution is 6.01. The molecule has 1 atom stereocenters. The van der Waals surface area contributed by atoms with Crippen molar-refractivity contribution in [1.82, 2.24) is 14.8 Å². The second kappa shape index (κ2) is 5.48. The first-order chi connectivity index (χ1) is 11.0. The van der Waals surface area contributed by atoms with Gasteiger partial charge < -0.3 is 5.32 Å². The Labute approximate surface area is 129 Å². The number of hydrogen-bond acceptors (Lipinski definition) is 6. The van der Waals surface area contributed by atoms with Crippen LogP contribution >= 0.6 is 0 Å². The van der Waals surface area contributed by atoms with E-state index in [9.17, 15) is 19.7 Å². The number of aryl methyl sites for hydroxylation is 1. The van der Waals surface area contributed by atoms with Gasteiger partial charge in [0.05, 0.1) is 17.0 Å². The van der Waals surface area contributed by atoms with Crippen molar-refractivity contribution in [2.24, 2.45) is 0 Å². The van der Waals surface area contributed by atoms with Crippen molar-refractivity contribution in [3.8, 4) is 0 Å². The average molecular weight is 316 g/mol. The van der Waals surface area contributed by atoms with Gasteiger partial charge in [0.1, 0.15) is 12.4 Å². The van der Waals surface area contributed by atoms with Gasteiger partial charge in [0.2, 0.25) is 11.9 Å². The maximum absolute atomic E-state index is 12.2. The fourth-order valence-electron chi connectivity index (χ4n) is 2.29. The minimum Gasteiger partial charge on any atom is -0.326 e. The fourth-order valence-corrected chi connectivity index (χ4v) is 2.29. The lowest BCUT2D eigenvalue weighted by Gasteiger charge is -2.11. The van der Waals surface area contributed by atoms with E-state index in [0.29, 0.717) is 17.2 Å². The predicted octanol–water partition coefficient (Wildman–Crippen LogP) is 1.02. The summed E-state index contributed by atoms with van der Waals surface area (Å²) < 4.78 is 1.34. The molecule has 1 aliphatic rings. The van der Waals surface area contributed by atoms with Crippen molar-refractivity contribution >= 4 is 29.1 Å². The highest BCUT2D eigenvalue weighted by atomic mass is 16.6. The van der Waals surface area contributed by atoms with E-state index >= 15 is 0 Å². The molecular weight excluding hydrogens is 304 g/mol. The number of nitrogens with one attached hydrogen (secondary N) is 2. The second-order valence-corrected chi connectivity index (χ2v) is 5.04. The van der Waals surface area contributed by atoms with E-state index < -0.39 is 16.9 Å². The van der Waals surface area contributed by atoms with Gasteiger partial charge in [-0.05, 0) is 12.5 Å². The molecule has 3 rings (SSSR count). The molecule has 2 N–H and O–H groups in total. The molecule has 0 bridgehead atoms. The van der Waals surface area contributed by atoms with E-state index in [-0.39, 0.29) is 18.0 Å². The van der Waals surface area contributed by atoms with Gasteiger partial charge in [-0.3, -0.25) is 25.0 Å². The minimum absolute atomic E-state index is 0.122. The van der Waals surface area contributed by atoms with E-state index in [1.807, 2.05) is 0 Å². The van der Waals surface area contributed by atoms with E-state index in [1.54, 1.807) is 13.0 Å². The van der Waals surface area contributed by atoms with Gasteiger partial charge in [-0.1, -0.05) is 6.07 Å². The number of anilines is 2. The number of hydrogen-bond donors (Lipinski definition) is 2. The number of nitrogens with zero attached hydrogens (tertiary/aromatic N) is 4. The molecule has 1 aromatic heterocycles. The molecule has 10 heteroatoms. The number of carbonyl (C=O) groups is 2. The highest BCUT2D eigenvalue weighted by Crippen LogP contribution is 2.26. The van der Waals surface area contributed by atoms with Crippen LogP contribution in [0.25, 0.3) is 0 Å². The van der Waals surface area contributed by atoms with Crippen molar-refractivity contribution in [2.75, 3.05) is 10.6 Å². The lowest BCUT2D eigenvalue weighted by atomic mass is 10.1. The molecule has 0 aliphatic carbocycles. The van der Waals surface area contributed by atoms with E-state index in [4.69, 9.17) is 0 Å². The van der Waals surface area contributed by atoms with Crippen LogP contribution in [0.4, 0.5) is 17.3 Å². The van der Waals surface area contributed by atoms with Crippen LogP contribution in [0.3, 0.4) is 0 Å². The van der Waals surface area contributed by atoms with Gasteiger partial charge in [-0.25, -0.2) is 4.68 Å². The first kappa shape index (κ1) is 14.6. The fraction of sp³-hybridized carbons (Fsp3) is 0.231. The van der Waals surface area contributed by atoms with Crippen LogP contribution in [0.2, 0.25) is 0 Å². The number of amides is 2. The van der Waals surface area contributed by atoms with Crippen LogP contribution in [0.5, 0.6) is 0 Å². The maximum atomic E-state index is 12.2. The number of non-ortho nitro benzene ring substituents is 1. The number of rotatable bonds is 4. The molecule has 1 aliphatic heterocycles. The summed E-state index contributed by atoms with van der Waals surface area (Å²) >= 11 is 0. The quantitative estimate of drug-likeness (QED) is 0.639. The number of fused-ring (bicyclic) bond motifs is 1. The zero-order chi connectivity index (χ0) is 16.6. The highest BCUT2D eigenvalue weighted by Gasteiger charge is 2.33. The van der Waals surface area contributed by atoms with Crippen LogP contribution in [0.15, 0.2) is 24.5 Å². The SMILES string of the molecule is Cc1ccc([N+](=O)[O-])cc1NC(=O)CC1C(=O)Nc2ncnn21. The molecule has 0 fully saturated rings. The van der Waals surface area contributed by atoms with Crippen molar-refractivity contribution in [3.63, 3.8) is 0 Å². The Hall–Kier alpha value is -3.30. The Morgan fingerprint density at radius 2 is 2.30 bits per heavy atom. The molecule has 0 radical (unpaired) electrons. The molecule has 1 aromatic carbocycles. The molecule has 2 aromatic rings. The van der Waals surface area contributed by atoms with Crippen LogP contribution < -0.4 is 10.6 Å². The normalized spacial score (nSPS) is 15.9. The third-order valence-corrected chi connectivity index (χ3v) is 3.49. The number of benzene rings is 1. The van der Waals surface area contributed by atoms with Crippen LogP contribution in [-0.2, 0) is 9.59 Å². The Morgan fingerprint density at radius 1 is 1.52 bits per heavy atom. The van der Waals surface area contributed by atoms with E-state index in [2.05, 4.69) is 20.7 Å². The Kier molecular flexibility index (Phi) is 3.48. The molecule has 10 nitrogen and oxygen atoms in total. The molecule has 0 saturated heterocycles. The number of nitro groups is 1. The first-order valence-electron chi connectivity index (χ1n) is 6.71. The number of aromatic nitrogens is 3. The monoisotopic (exact) mass is 316 g/mol. The van der Waals surface area contributed by atoms with Crippen LogP contribution in [0, 0.1) is 17.0 Å². The summed E-state index contributed by atoms with van der Waals surface area (Å²) in [7, 11) is 0. The molecule has 118 valence electrons. The lowest BCUT2D eigenvalue weighted by molar-refractivity contribution is -0.384. The molecule has 23 heavy (non-hydrogen) atoms. The minimum atomic E-state index is -0.786. The molecule has 2 heterocycles. The van der Waals surface area contributed by atoms with Crippen molar-refractivity contribution in [3.05, 3.63) is 40.2 Å². The molecule has 1 unspecified atom stereocenters. The molecule has 2 amide bonds. The summed E-state index contributed by atoms with van der Waals surface area (Å²) in [5.41, 5.74) is 0.894. The van der Waals surface area contributed by atoms with Crippen LogP contribution in [0.1, 0.15) is 18.0 Å². The summed E-state index contributed by atoms with van der Waals surface area (Å²) in [6.45, 7) is 1.72. The molecular formula is C13H12N6O4. The Balaban J connectivity index is 1.74. The summed E-state index contributed by atoms with van der Waals surface area (Å²) in [5, 5.41) is 19.8. The predicted molar refractivity (Wildman–Crippen MR) is 78.8 cm³/mol. The number of nitro benzene ring substituents is 1. The van der Waals surface area contributed by atoms with E-state index in [1.165, 1.54) is 23.1 Å². The maximum Gasteiger partial charge on any atom is 0.271 e. The van der Waals surface area contributed by atoms with Crippen molar-refractivity contribution in [2.45, 2.75) is 19.4 Å². The van der Waals surface area contributed by atoms with Crippen molar-refractivity contribution < 1.29 is 14.5 Å². The standard InChI is InChI=1S/C13H12N6O4/c1-7-2-3-8(19(22)23)4-9(7)16-11(20)5-10-12(21)17-13-14-6-15-18(10)13/h2-4,6,10H,5H2,1H3,(H,16,20)(H,14,15,17,21). The largest absolute Gasteiger partial charge is 0.326 e. The number of carbonyl (C=O) groups excluding carboxylic acids is 2. The summed E-state index contributed by atoms with van der Waals surface area (Å²) in [6, 6.07) is 3.40. The average Bonchev–Trinajstić information content (AvgIpc) is 3.04. The first-order valence-corrected chi connectivity index (χ1v) is 6.71. The van der Waals surface area contributed by atoms with Gasteiger partial charge in [0.15, 0.2) is 0 Å². The summed E-state index contributed by atoms with van der Waals surface area (Å²) in [5.74, 6) is -0.525. The van der Waals surface area contributed by atoms with Gasteiger partial charge >= 0.3 is 0 Å². The van der Waals surface area contributed by atoms with Gasteiger partial charge in [-0.15, -0.1) is 0 Å². The Bertz CT molecular complexity index is 815. The zero-order valence-electron chi connectivity index (χ0n) is 12.0. The third-order valence-electron chi connectivity index (χ3n) is 3.49. The van der Waals surface area contributed by atoms with E-state index in [0.717, 1.165) is 0 Å². The van der Waals surface area contributed by atoms with Gasteiger partial charge in [0, 0.05) is 12.1 Å². The summed E-state index contributed by atoms with van der Waals surface area (Å²) in [4.78, 5) is 38.1. The molecule has 0 saturated carbocycles.